The Labute approximate surface area is 428 Å². The van der Waals surface area contributed by atoms with E-state index in [1.165, 1.54) is 72.3 Å². The Morgan fingerprint density at radius 2 is 0.930 bits per heavy atom. The first-order valence-electron chi connectivity index (χ1n) is 25.7. The molecule has 0 atom stereocenters. The highest BCUT2D eigenvalue weighted by molar-refractivity contribution is 7.17. The lowest BCUT2D eigenvalue weighted by Crippen LogP contribution is -2.33. The van der Waals surface area contributed by atoms with Gasteiger partial charge in [0.1, 0.15) is 11.8 Å². The molecule has 0 saturated carbocycles. The molecule has 3 nitrogen and oxygen atoms in total. The zero-order chi connectivity index (χ0) is 50.4. The number of rotatable bonds is 8. The highest BCUT2D eigenvalue weighted by Gasteiger charge is 2.38. The number of hydrogen-bond acceptors (Lipinski definition) is 4. The minimum absolute atomic E-state index is 0.0460. The van der Waals surface area contributed by atoms with Gasteiger partial charge in [0, 0.05) is 43.4 Å². The van der Waals surface area contributed by atoms with Gasteiger partial charge >= 0.3 is 0 Å². The van der Waals surface area contributed by atoms with Crippen LogP contribution in [0.5, 0.6) is 0 Å². The molecule has 2 heterocycles. The fraction of sp³-hybridized carbons (Fsp3) is 0.313. The lowest BCUT2D eigenvalue weighted by Gasteiger charge is -2.42. The Bertz CT molecular complexity index is 3440. The van der Waals surface area contributed by atoms with Crippen molar-refractivity contribution in [2.24, 2.45) is 0 Å². The highest BCUT2D eigenvalue weighted by atomic mass is 32.1. The van der Waals surface area contributed by atoms with Crippen LogP contribution in [0, 0.1) is 6.92 Å². The van der Waals surface area contributed by atoms with Gasteiger partial charge in [-0.2, -0.15) is 0 Å². The van der Waals surface area contributed by atoms with Crippen molar-refractivity contribution in [3.8, 4) is 22.3 Å². The van der Waals surface area contributed by atoms with E-state index in [1.54, 1.807) is 0 Å². The number of anilines is 6. The van der Waals surface area contributed by atoms with Gasteiger partial charge in [-0.05, 0) is 158 Å². The monoisotopic (exact) mass is 953 g/mol. The molecule has 0 radical (unpaired) electrons. The quantitative estimate of drug-likeness (QED) is 0.151. The molecule has 0 spiro atoms. The third-order valence-corrected chi connectivity index (χ3v) is 16.3. The van der Waals surface area contributed by atoms with Gasteiger partial charge in [0.25, 0.3) is 0 Å². The molecule has 7 aromatic carbocycles. The predicted octanol–water partition coefficient (Wildman–Crippen LogP) is 20.5. The normalized spacial score (nSPS) is 14.7. The summed E-state index contributed by atoms with van der Waals surface area (Å²) in [4.78, 5) is 5.04. The van der Waals surface area contributed by atoms with Gasteiger partial charge in [-0.1, -0.05) is 169 Å². The van der Waals surface area contributed by atoms with E-state index < -0.39 is 0 Å². The largest absolute Gasteiger partial charge is 0.462 e. The third kappa shape index (κ3) is 9.03. The van der Waals surface area contributed by atoms with Crippen molar-refractivity contribution in [3.63, 3.8) is 0 Å². The van der Waals surface area contributed by atoms with Crippen LogP contribution in [0.3, 0.4) is 0 Å². The maximum Gasteiger partial charge on any atom is 0.136 e. The predicted molar refractivity (Wildman–Crippen MR) is 308 cm³/mol. The summed E-state index contributed by atoms with van der Waals surface area (Å²) in [5.41, 5.74) is 20.2. The van der Waals surface area contributed by atoms with E-state index in [4.69, 9.17) is 4.42 Å². The first kappa shape index (κ1) is 48.3. The van der Waals surface area contributed by atoms with Crippen molar-refractivity contribution in [2.75, 3.05) is 9.80 Å². The number of benzene rings is 7. The van der Waals surface area contributed by atoms with Crippen LogP contribution in [-0.2, 0) is 27.1 Å². The first-order valence-corrected chi connectivity index (χ1v) is 26.6. The molecule has 1 aliphatic carbocycles. The summed E-state index contributed by atoms with van der Waals surface area (Å²) < 4.78 is 7.90. The number of aryl methyl sites for hydroxylation is 1. The van der Waals surface area contributed by atoms with Gasteiger partial charge in [-0.15, -0.1) is 11.3 Å². The smallest absolute Gasteiger partial charge is 0.136 e. The lowest BCUT2D eigenvalue weighted by molar-refractivity contribution is 0.332. The molecule has 1 aliphatic rings. The van der Waals surface area contributed by atoms with Crippen LogP contribution < -0.4 is 9.80 Å². The molecule has 0 saturated heterocycles. The summed E-state index contributed by atoms with van der Waals surface area (Å²) >= 11 is 1.87. The zero-order valence-electron chi connectivity index (χ0n) is 44.6. The molecule has 71 heavy (non-hydrogen) atoms. The van der Waals surface area contributed by atoms with Crippen LogP contribution in [0.4, 0.5) is 34.1 Å². The summed E-state index contributed by atoms with van der Waals surface area (Å²) in [6, 6.07) is 55.1. The minimum Gasteiger partial charge on any atom is -0.462 e. The maximum absolute atomic E-state index is 6.58. The molecule has 0 aliphatic heterocycles. The average Bonchev–Trinajstić information content (AvgIpc) is 3.94. The van der Waals surface area contributed by atoms with Crippen molar-refractivity contribution < 1.29 is 4.42 Å². The highest BCUT2D eigenvalue weighted by Crippen LogP contribution is 2.54. The Morgan fingerprint density at radius 1 is 0.465 bits per heavy atom. The van der Waals surface area contributed by atoms with Crippen molar-refractivity contribution >= 4 is 66.5 Å². The Balaban J connectivity index is 1.29. The van der Waals surface area contributed by atoms with Gasteiger partial charge < -0.3 is 14.2 Å². The molecule has 10 rings (SSSR count). The molecule has 2 aromatic heterocycles. The maximum atomic E-state index is 6.58. The fourth-order valence-electron chi connectivity index (χ4n) is 10.8. The van der Waals surface area contributed by atoms with Gasteiger partial charge in [0.2, 0.25) is 0 Å². The summed E-state index contributed by atoms with van der Waals surface area (Å²) in [5, 5.41) is 4.79. The Morgan fingerprint density at radius 3 is 1.44 bits per heavy atom. The minimum atomic E-state index is -0.0552. The van der Waals surface area contributed by atoms with Crippen LogP contribution in [0.15, 0.2) is 162 Å². The number of furan rings is 1. The van der Waals surface area contributed by atoms with Crippen molar-refractivity contribution in [3.05, 3.63) is 191 Å². The summed E-state index contributed by atoms with van der Waals surface area (Å²) in [6.07, 6.45) is 4.31. The van der Waals surface area contributed by atoms with E-state index >= 15 is 0 Å². The van der Waals surface area contributed by atoms with Crippen LogP contribution in [0.1, 0.15) is 136 Å². The summed E-state index contributed by atoms with van der Waals surface area (Å²) in [5.74, 6) is 0. The molecule has 0 fully saturated rings. The first-order chi connectivity index (χ1) is 33.5. The molecular weight excluding hydrogens is 881 g/mol. The second-order valence-electron chi connectivity index (χ2n) is 24.8. The van der Waals surface area contributed by atoms with Gasteiger partial charge in [0.05, 0.1) is 22.7 Å². The summed E-state index contributed by atoms with van der Waals surface area (Å²) in [6.45, 7) is 32.7. The Kier molecular flexibility index (Phi) is 11.9. The molecule has 9 aromatic rings. The number of nitrogens with zero attached hydrogens (tertiary/aromatic N) is 2. The SMILES string of the molecule is Cc1cc(N(c2ccc(C(C)(C)C)cc2-c2ccccc2)c2coc3ccc(C(C)(C)C)cc23)cc(N(c2ccc(C(C)(C)C)cc2-c2ccccc2)c2csc3cc4c(cc23)C(C)(C)CCC4(C)C)c1. The third-order valence-electron chi connectivity index (χ3n) is 15.4. The lowest BCUT2D eigenvalue weighted by atomic mass is 9.63. The number of thiophene rings is 1. The second-order valence-corrected chi connectivity index (χ2v) is 25.7. The molecule has 4 heteroatoms. The summed E-state index contributed by atoms with van der Waals surface area (Å²) in [7, 11) is 0. The van der Waals surface area contributed by atoms with Crippen LogP contribution >= 0.6 is 11.3 Å². The van der Waals surface area contributed by atoms with Crippen molar-refractivity contribution in [1.82, 2.24) is 0 Å². The van der Waals surface area contributed by atoms with E-state index in [2.05, 4.69) is 258 Å². The fourth-order valence-corrected chi connectivity index (χ4v) is 11.8. The van der Waals surface area contributed by atoms with E-state index in [0.29, 0.717) is 0 Å². The molecule has 362 valence electrons. The molecular formula is C67H72N2OS. The molecule has 0 bridgehead atoms. The number of hydrogen-bond donors (Lipinski definition) is 0. The van der Waals surface area contributed by atoms with E-state index in [1.807, 2.05) is 17.6 Å². The average molecular weight is 953 g/mol. The van der Waals surface area contributed by atoms with Crippen LogP contribution in [0.25, 0.3) is 43.3 Å². The van der Waals surface area contributed by atoms with Gasteiger partial charge in [-0.3, -0.25) is 0 Å². The van der Waals surface area contributed by atoms with Crippen molar-refractivity contribution in [2.45, 2.75) is 137 Å². The second kappa shape index (κ2) is 17.4. The Hall–Kier alpha value is -6.36. The molecule has 0 amide bonds. The molecule has 0 unspecified atom stereocenters. The standard InChI is InChI=1S/C67H72N2OS/c1-43-33-49(68(59-41-70-61-30-27-48(37-53(59)61)65(8,9)10)57-28-25-46(63(2,3)4)35-51(57)44-21-17-15-18-22-44)38-50(34-43)69(58-29-26-47(64(5,6)7)36-52(58)45-23-19-16-20-24-45)60-42-71-62-40-56-55(39-54(60)62)66(11,12)31-32-67(56,13)14/h15-30,33-42H,31-32H2,1-14H3. The number of fused-ring (bicyclic) bond motifs is 3. The van der Waals surface area contributed by atoms with Gasteiger partial charge in [0.15, 0.2) is 0 Å². The molecule has 0 N–H and O–H groups in total. The van der Waals surface area contributed by atoms with Crippen LogP contribution in [-0.4, -0.2) is 0 Å². The van der Waals surface area contributed by atoms with Gasteiger partial charge in [-0.25, -0.2) is 0 Å². The van der Waals surface area contributed by atoms with Crippen molar-refractivity contribution in [1.29, 1.82) is 0 Å². The van der Waals surface area contributed by atoms with E-state index in [-0.39, 0.29) is 27.1 Å². The van der Waals surface area contributed by atoms with Crippen LogP contribution in [0.2, 0.25) is 0 Å². The topological polar surface area (TPSA) is 19.6 Å². The zero-order valence-corrected chi connectivity index (χ0v) is 45.5. The van der Waals surface area contributed by atoms with E-state index in [0.717, 1.165) is 51.4 Å². The van der Waals surface area contributed by atoms with E-state index in [9.17, 15) is 0 Å².